The molecule has 1 aromatic heterocycles. The van der Waals surface area contributed by atoms with E-state index >= 15 is 0 Å². The van der Waals surface area contributed by atoms with Gasteiger partial charge in [-0.25, -0.2) is 9.97 Å². The molecular weight excluding hydrogens is 162 g/mol. The molecule has 0 unspecified atom stereocenters. The zero-order chi connectivity index (χ0) is 9.10. The van der Waals surface area contributed by atoms with Crippen molar-refractivity contribution in [2.75, 3.05) is 0 Å². The van der Waals surface area contributed by atoms with Crippen LogP contribution >= 0.6 is 0 Å². The Labute approximate surface area is 78.6 Å². The molecule has 1 saturated carbocycles. The maximum Gasteiger partial charge on any atom is 0.125 e. The van der Waals surface area contributed by atoms with Gasteiger partial charge < -0.3 is 5.32 Å². The molecule has 0 bridgehead atoms. The molecule has 0 aliphatic heterocycles. The lowest BCUT2D eigenvalue weighted by molar-refractivity contribution is 0.338. The van der Waals surface area contributed by atoms with Crippen molar-refractivity contribution in [1.82, 2.24) is 15.3 Å². The first-order chi connectivity index (χ1) is 6.34. The second-order valence-corrected chi connectivity index (χ2v) is 3.65. The van der Waals surface area contributed by atoms with Gasteiger partial charge in [0.2, 0.25) is 0 Å². The van der Waals surface area contributed by atoms with E-state index in [1.165, 1.54) is 24.8 Å². The van der Waals surface area contributed by atoms with E-state index in [4.69, 9.17) is 0 Å². The van der Waals surface area contributed by atoms with Crippen molar-refractivity contribution >= 4 is 0 Å². The van der Waals surface area contributed by atoms with Crippen LogP contribution in [0.25, 0.3) is 0 Å². The van der Waals surface area contributed by atoms with Gasteiger partial charge in [-0.3, -0.25) is 0 Å². The molecule has 0 atom stereocenters. The molecule has 0 aromatic carbocycles. The highest BCUT2D eigenvalue weighted by molar-refractivity contribution is 5.04. The minimum absolute atomic E-state index is 0.737. The highest BCUT2D eigenvalue weighted by Gasteiger charge is 2.15. The van der Waals surface area contributed by atoms with Crippen molar-refractivity contribution < 1.29 is 0 Å². The van der Waals surface area contributed by atoms with Crippen molar-refractivity contribution in [2.45, 2.75) is 38.8 Å². The molecule has 1 N–H and O–H groups in total. The molecule has 1 aliphatic carbocycles. The molecule has 1 fully saturated rings. The van der Waals surface area contributed by atoms with Gasteiger partial charge in [0.15, 0.2) is 0 Å². The van der Waals surface area contributed by atoms with E-state index in [9.17, 15) is 0 Å². The molecule has 1 aromatic rings. The third-order valence-corrected chi connectivity index (χ3v) is 2.53. The molecule has 2 rings (SSSR count). The minimum atomic E-state index is 0.737. The summed E-state index contributed by atoms with van der Waals surface area (Å²) in [7, 11) is 0. The Morgan fingerprint density at radius 2 is 2.08 bits per heavy atom. The maximum atomic E-state index is 4.15. The number of nitrogens with one attached hydrogen (secondary N) is 1. The van der Waals surface area contributed by atoms with Crippen LogP contribution in [0.2, 0.25) is 0 Å². The molecule has 3 nitrogen and oxygen atoms in total. The van der Waals surface area contributed by atoms with E-state index < -0.39 is 0 Å². The quantitative estimate of drug-likeness (QED) is 0.759. The summed E-state index contributed by atoms with van der Waals surface area (Å²) in [5.41, 5.74) is 1.18. The van der Waals surface area contributed by atoms with Crippen LogP contribution in [-0.4, -0.2) is 16.0 Å². The number of aryl methyl sites for hydroxylation is 1. The second-order valence-electron chi connectivity index (χ2n) is 3.65. The standard InChI is InChI=1S/C10H15N3/c1-8-11-5-9(6-12-8)7-13-10-3-2-4-10/h5-6,10,13H,2-4,7H2,1H3. The molecule has 0 spiro atoms. The van der Waals surface area contributed by atoms with Crippen molar-refractivity contribution in [2.24, 2.45) is 0 Å². The summed E-state index contributed by atoms with van der Waals surface area (Å²) < 4.78 is 0. The predicted molar refractivity (Wildman–Crippen MR) is 51.2 cm³/mol. The summed E-state index contributed by atoms with van der Waals surface area (Å²) in [6.45, 7) is 2.81. The van der Waals surface area contributed by atoms with E-state index in [1.807, 2.05) is 19.3 Å². The molecular formula is C10H15N3. The molecule has 0 radical (unpaired) electrons. The number of aromatic nitrogens is 2. The summed E-state index contributed by atoms with van der Waals surface area (Å²) in [4.78, 5) is 8.30. The molecule has 1 heterocycles. The highest BCUT2D eigenvalue weighted by atomic mass is 14.9. The summed E-state index contributed by atoms with van der Waals surface area (Å²) in [6.07, 6.45) is 7.82. The van der Waals surface area contributed by atoms with Crippen molar-refractivity contribution in [3.05, 3.63) is 23.8 Å². The maximum absolute atomic E-state index is 4.15. The SMILES string of the molecule is Cc1ncc(CNC2CCC2)cn1. The van der Waals surface area contributed by atoms with Crippen molar-refractivity contribution in [3.63, 3.8) is 0 Å². The monoisotopic (exact) mass is 177 g/mol. The third-order valence-electron chi connectivity index (χ3n) is 2.53. The molecule has 70 valence electrons. The van der Waals surface area contributed by atoms with Gasteiger partial charge in [-0.05, 0) is 19.8 Å². The normalized spacial score (nSPS) is 17.0. The first-order valence-electron chi connectivity index (χ1n) is 4.85. The Hall–Kier alpha value is -0.960. The Morgan fingerprint density at radius 3 is 2.62 bits per heavy atom. The van der Waals surface area contributed by atoms with Crippen molar-refractivity contribution in [3.8, 4) is 0 Å². The molecule has 13 heavy (non-hydrogen) atoms. The van der Waals surface area contributed by atoms with Crippen LogP contribution in [0.1, 0.15) is 30.7 Å². The Morgan fingerprint density at radius 1 is 1.38 bits per heavy atom. The highest BCUT2D eigenvalue weighted by Crippen LogP contribution is 2.18. The lowest BCUT2D eigenvalue weighted by Crippen LogP contribution is -2.34. The van der Waals surface area contributed by atoms with Gasteiger partial charge in [-0.2, -0.15) is 0 Å². The lowest BCUT2D eigenvalue weighted by Gasteiger charge is -2.26. The predicted octanol–water partition coefficient (Wildman–Crippen LogP) is 1.43. The summed E-state index contributed by atoms with van der Waals surface area (Å²) in [5, 5.41) is 3.47. The minimum Gasteiger partial charge on any atom is -0.310 e. The average Bonchev–Trinajstić information content (AvgIpc) is 2.05. The topological polar surface area (TPSA) is 37.8 Å². The van der Waals surface area contributed by atoms with Gasteiger partial charge in [0.1, 0.15) is 5.82 Å². The first-order valence-corrected chi connectivity index (χ1v) is 4.85. The van der Waals surface area contributed by atoms with Gasteiger partial charge in [0.05, 0.1) is 0 Å². The molecule has 3 heteroatoms. The smallest absolute Gasteiger partial charge is 0.125 e. The summed E-state index contributed by atoms with van der Waals surface area (Å²) in [6, 6.07) is 0.737. The van der Waals surface area contributed by atoms with E-state index in [0.717, 1.165) is 18.4 Å². The number of rotatable bonds is 3. The lowest BCUT2D eigenvalue weighted by atomic mass is 9.93. The van der Waals surface area contributed by atoms with Gasteiger partial charge in [0.25, 0.3) is 0 Å². The van der Waals surface area contributed by atoms with Crippen LogP contribution in [0.4, 0.5) is 0 Å². The van der Waals surface area contributed by atoms with Gasteiger partial charge in [0, 0.05) is 30.5 Å². The van der Waals surface area contributed by atoms with Crippen LogP contribution < -0.4 is 5.32 Å². The summed E-state index contributed by atoms with van der Waals surface area (Å²) in [5.74, 6) is 0.840. The van der Waals surface area contributed by atoms with Crippen LogP contribution in [0.3, 0.4) is 0 Å². The Balaban J connectivity index is 1.83. The molecule has 0 amide bonds. The average molecular weight is 177 g/mol. The van der Waals surface area contributed by atoms with Crippen LogP contribution in [0, 0.1) is 6.92 Å². The largest absolute Gasteiger partial charge is 0.310 e. The third kappa shape index (κ3) is 2.25. The second kappa shape index (κ2) is 3.83. The number of hydrogen-bond donors (Lipinski definition) is 1. The van der Waals surface area contributed by atoms with E-state index in [2.05, 4.69) is 15.3 Å². The Bertz CT molecular complexity index is 264. The first kappa shape index (κ1) is 8.63. The van der Waals surface area contributed by atoms with Gasteiger partial charge in [-0.1, -0.05) is 6.42 Å². The molecule has 0 saturated heterocycles. The zero-order valence-electron chi connectivity index (χ0n) is 7.95. The Kier molecular flexibility index (Phi) is 2.54. The van der Waals surface area contributed by atoms with E-state index in [0.29, 0.717) is 0 Å². The summed E-state index contributed by atoms with van der Waals surface area (Å²) >= 11 is 0. The van der Waals surface area contributed by atoms with Gasteiger partial charge >= 0.3 is 0 Å². The fourth-order valence-corrected chi connectivity index (χ4v) is 1.39. The number of nitrogens with zero attached hydrogens (tertiary/aromatic N) is 2. The van der Waals surface area contributed by atoms with Crippen LogP contribution in [0.15, 0.2) is 12.4 Å². The number of hydrogen-bond acceptors (Lipinski definition) is 3. The zero-order valence-corrected chi connectivity index (χ0v) is 7.95. The van der Waals surface area contributed by atoms with Crippen molar-refractivity contribution in [1.29, 1.82) is 0 Å². The van der Waals surface area contributed by atoms with Gasteiger partial charge in [-0.15, -0.1) is 0 Å². The van der Waals surface area contributed by atoms with Crippen LogP contribution in [0.5, 0.6) is 0 Å². The molecule has 1 aliphatic rings. The fraction of sp³-hybridized carbons (Fsp3) is 0.600. The fourth-order valence-electron chi connectivity index (χ4n) is 1.39. The van der Waals surface area contributed by atoms with E-state index in [-0.39, 0.29) is 0 Å². The van der Waals surface area contributed by atoms with Crippen LogP contribution in [-0.2, 0) is 6.54 Å². The van der Waals surface area contributed by atoms with E-state index in [1.54, 1.807) is 0 Å².